The maximum absolute atomic E-state index is 11.8. The Balaban J connectivity index is 2.12. The minimum atomic E-state index is -0.117. The largest absolute Gasteiger partial charge is 0.354 e. The second-order valence-electron chi connectivity index (χ2n) is 5.81. The van der Waals surface area contributed by atoms with Crippen molar-refractivity contribution in [1.29, 1.82) is 0 Å². The first-order valence-electron chi connectivity index (χ1n) is 7.58. The number of carbonyl (C=O) groups is 2. The Morgan fingerprint density at radius 2 is 2.00 bits per heavy atom. The number of thiophene rings is 1. The molecule has 0 saturated heterocycles. The summed E-state index contributed by atoms with van der Waals surface area (Å²) in [5.41, 5.74) is 0.655. The quantitative estimate of drug-likeness (QED) is 0.736. The number of hydrogen-bond donors (Lipinski definition) is 2. The molecule has 0 aliphatic heterocycles. The van der Waals surface area contributed by atoms with Crippen LogP contribution in [0.4, 0.5) is 0 Å². The van der Waals surface area contributed by atoms with E-state index in [1.807, 2.05) is 12.3 Å². The van der Waals surface area contributed by atoms with Crippen LogP contribution in [-0.4, -0.2) is 24.4 Å². The lowest BCUT2D eigenvalue weighted by Crippen LogP contribution is -2.35. The van der Waals surface area contributed by atoms with E-state index in [2.05, 4.69) is 24.5 Å². The summed E-state index contributed by atoms with van der Waals surface area (Å²) in [5.74, 6) is 0.590. The van der Waals surface area contributed by atoms with Gasteiger partial charge in [-0.3, -0.25) is 9.59 Å². The van der Waals surface area contributed by atoms with Gasteiger partial charge in [-0.2, -0.15) is 11.3 Å². The van der Waals surface area contributed by atoms with Crippen LogP contribution in [0.2, 0.25) is 0 Å². The number of rotatable bonds is 9. The zero-order valence-electron chi connectivity index (χ0n) is 13.1. The van der Waals surface area contributed by atoms with Gasteiger partial charge in [0.05, 0.1) is 0 Å². The van der Waals surface area contributed by atoms with Gasteiger partial charge >= 0.3 is 0 Å². The molecule has 1 heterocycles. The molecule has 1 unspecified atom stereocenters. The van der Waals surface area contributed by atoms with Gasteiger partial charge in [0.15, 0.2) is 0 Å². The van der Waals surface area contributed by atoms with Crippen LogP contribution >= 0.6 is 11.3 Å². The highest BCUT2D eigenvalue weighted by Gasteiger charge is 2.09. The SMILES string of the molecule is CC(C)CCCC(C)NC(=O)CCNC(=O)c1ccsc1. The molecule has 1 aromatic heterocycles. The summed E-state index contributed by atoms with van der Waals surface area (Å²) in [6.45, 7) is 6.82. The fraction of sp³-hybridized carbons (Fsp3) is 0.625. The van der Waals surface area contributed by atoms with Gasteiger partial charge in [-0.15, -0.1) is 0 Å². The van der Waals surface area contributed by atoms with E-state index in [-0.39, 0.29) is 17.9 Å². The van der Waals surface area contributed by atoms with Crippen LogP contribution in [0.5, 0.6) is 0 Å². The van der Waals surface area contributed by atoms with Crippen molar-refractivity contribution < 1.29 is 9.59 Å². The molecule has 2 amide bonds. The van der Waals surface area contributed by atoms with Crippen LogP contribution in [0.15, 0.2) is 16.8 Å². The lowest BCUT2D eigenvalue weighted by Gasteiger charge is -2.14. The van der Waals surface area contributed by atoms with E-state index in [1.165, 1.54) is 17.8 Å². The van der Waals surface area contributed by atoms with Crippen molar-refractivity contribution in [3.05, 3.63) is 22.4 Å². The Morgan fingerprint density at radius 1 is 1.24 bits per heavy atom. The van der Waals surface area contributed by atoms with E-state index >= 15 is 0 Å². The molecule has 0 aliphatic rings. The highest BCUT2D eigenvalue weighted by molar-refractivity contribution is 7.08. The first-order valence-corrected chi connectivity index (χ1v) is 8.53. The Hall–Kier alpha value is -1.36. The van der Waals surface area contributed by atoms with Crippen molar-refractivity contribution in [2.45, 2.75) is 52.5 Å². The lowest BCUT2D eigenvalue weighted by molar-refractivity contribution is -0.121. The van der Waals surface area contributed by atoms with Gasteiger partial charge in [0.1, 0.15) is 0 Å². The summed E-state index contributed by atoms with van der Waals surface area (Å²) in [4.78, 5) is 23.4. The Bertz CT molecular complexity index is 429. The number of carbonyl (C=O) groups excluding carboxylic acids is 2. The molecule has 4 nitrogen and oxygen atoms in total. The van der Waals surface area contributed by atoms with Gasteiger partial charge in [0.25, 0.3) is 5.91 Å². The van der Waals surface area contributed by atoms with Crippen molar-refractivity contribution in [2.75, 3.05) is 6.54 Å². The summed E-state index contributed by atoms with van der Waals surface area (Å²) in [6.07, 6.45) is 3.65. The highest BCUT2D eigenvalue weighted by Crippen LogP contribution is 2.08. The molecule has 118 valence electrons. The minimum Gasteiger partial charge on any atom is -0.354 e. The molecule has 5 heteroatoms. The second-order valence-corrected chi connectivity index (χ2v) is 6.59. The fourth-order valence-electron chi connectivity index (χ4n) is 2.04. The van der Waals surface area contributed by atoms with Gasteiger partial charge in [-0.25, -0.2) is 0 Å². The average Bonchev–Trinajstić information content (AvgIpc) is 2.91. The summed E-state index contributed by atoms with van der Waals surface area (Å²) in [7, 11) is 0. The summed E-state index contributed by atoms with van der Waals surface area (Å²) in [6, 6.07) is 1.97. The van der Waals surface area contributed by atoms with Crippen molar-refractivity contribution in [2.24, 2.45) is 5.92 Å². The standard InChI is InChI=1S/C16H26N2O2S/c1-12(2)5-4-6-13(3)18-15(19)7-9-17-16(20)14-8-10-21-11-14/h8,10-13H,4-7,9H2,1-3H3,(H,17,20)(H,18,19). The lowest BCUT2D eigenvalue weighted by atomic mass is 10.0. The van der Waals surface area contributed by atoms with Crippen LogP contribution in [0.1, 0.15) is 56.8 Å². The summed E-state index contributed by atoms with van der Waals surface area (Å²) in [5, 5.41) is 9.39. The molecule has 1 atom stereocenters. The van der Waals surface area contributed by atoms with E-state index in [0.29, 0.717) is 24.4 Å². The van der Waals surface area contributed by atoms with Crippen LogP contribution in [0, 0.1) is 5.92 Å². The van der Waals surface area contributed by atoms with Gasteiger partial charge < -0.3 is 10.6 Å². The van der Waals surface area contributed by atoms with Crippen molar-refractivity contribution in [1.82, 2.24) is 10.6 Å². The maximum atomic E-state index is 11.8. The molecule has 1 aromatic rings. The Morgan fingerprint density at radius 3 is 2.62 bits per heavy atom. The monoisotopic (exact) mass is 310 g/mol. The van der Waals surface area contributed by atoms with Crippen LogP contribution < -0.4 is 10.6 Å². The van der Waals surface area contributed by atoms with E-state index in [4.69, 9.17) is 0 Å². The average molecular weight is 310 g/mol. The van der Waals surface area contributed by atoms with Gasteiger partial charge in [0, 0.05) is 30.0 Å². The molecule has 0 aromatic carbocycles. The first-order chi connectivity index (χ1) is 9.99. The fourth-order valence-corrected chi connectivity index (χ4v) is 2.67. The Kier molecular flexibility index (Phi) is 8.05. The van der Waals surface area contributed by atoms with E-state index in [9.17, 15) is 9.59 Å². The summed E-state index contributed by atoms with van der Waals surface area (Å²) < 4.78 is 0. The minimum absolute atomic E-state index is 0.00216. The molecule has 2 N–H and O–H groups in total. The zero-order chi connectivity index (χ0) is 15.7. The van der Waals surface area contributed by atoms with Gasteiger partial charge in [-0.1, -0.05) is 26.7 Å². The number of nitrogens with one attached hydrogen (secondary N) is 2. The molecular formula is C16H26N2O2S. The van der Waals surface area contributed by atoms with Crippen molar-refractivity contribution in [3.63, 3.8) is 0 Å². The third-order valence-corrected chi connectivity index (χ3v) is 3.93. The summed E-state index contributed by atoms with van der Waals surface area (Å²) >= 11 is 1.49. The molecule has 0 radical (unpaired) electrons. The third-order valence-electron chi connectivity index (χ3n) is 3.25. The number of amides is 2. The van der Waals surface area contributed by atoms with Crippen LogP contribution in [-0.2, 0) is 4.79 Å². The predicted molar refractivity (Wildman–Crippen MR) is 87.6 cm³/mol. The smallest absolute Gasteiger partial charge is 0.252 e. The van der Waals surface area contributed by atoms with E-state index in [0.717, 1.165) is 12.8 Å². The zero-order valence-corrected chi connectivity index (χ0v) is 14.0. The van der Waals surface area contributed by atoms with Crippen LogP contribution in [0.3, 0.4) is 0 Å². The molecule has 0 spiro atoms. The maximum Gasteiger partial charge on any atom is 0.252 e. The van der Waals surface area contributed by atoms with Gasteiger partial charge in [0.2, 0.25) is 5.91 Å². The van der Waals surface area contributed by atoms with Gasteiger partial charge in [-0.05, 0) is 30.7 Å². The van der Waals surface area contributed by atoms with E-state index < -0.39 is 0 Å². The topological polar surface area (TPSA) is 58.2 Å². The molecule has 0 fully saturated rings. The van der Waals surface area contributed by atoms with Crippen LogP contribution in [0.25, 0.3) is 0 Å². The van der Waals surface area contributed by atoms with Crippen molar-refractivity contribution in [3.8, 4) is 0 Å². The second kappa shape index (κ2) is 9.55. The third kappa shape index (κ3) is 7.85. The highest BCUT2D eigenvalue weighted by atomic mass is 32.1. The predicted octanol–water partition coefficient (Wildman–Crippen LogP) is 3.20. The Labute approximate surface area is 131 Å². The number of hydrogen-bond acceptors (Lipinski definition) is 3. The van der Waals surface area contributed by atoms with Crippen molar-refractivity contribution >= 4 is 23.2 Å². The molecular weight excluding hydrogens is 284 g/mol. The first kappa shape index (κ1) is 17.7. The molecule has 0 aliphatic carbocycles. The molecule has 21 heavy (non-hydrogen) atoms. The molecule has 1 rings (SSSR count). The molecule has 0 bridgehead atoms. The van der Waals surface area contributed by atoms with E-state index in [1.54, 1.807) is 11.4 Å². The normalized spacial score (nSPS) is 12.2. The molecule has 0 saturated carbocycles.